The Kier molecular flexibility index (Phi) is 5.54. The molecule has 32 heavy (non-hydrogen) atoms. The third-order valence-electron chi connectivity index (χ3n) is 5.37. The molecule has 2 heterocycles. The lowest BCUT2D eigenvalue weighted by Gasteiger charge is -2.26. The fourth-order valence-corrected chi connectivity index (χ4v) is 3.77. The van der Waals surface area contributed by atoms with Gasteiger partial charge in [0.1, 0.15) is 5.76 Å². The molecule has 1 fully saturated rings. The van der Waals surface area contributed by atoms with E-state index in [4.69, 9.17) is 9.47 Å². The van der Waals surface area contributed by atoms with Crippen LogP contribution in [0.4, 0.5) is 5.69 Å². The van der Waals surface area contributed by atoms with Crippen molar-refractivity contribution in [3.8, 4) is 11.5 Å². The zero-order chi connectivity index (χ0) is 23.0. The predicted octanol–water partition coefficient (Wildman–Crippen LogP) is 2.31. The van der Waals surface area contributed by atoms with Crippen LogP contribution in [0.25, 0.3) is 5.76 Å². The Morgan fingerprint density at radius 3 is 2.66 bits per heavy atom. The maximum Gasteiger partial charge on any atom is 0.295 e. The molecule has 0 spiro atoms. The largest absolute Gasteiger partial charge is 0.507 e. The van der Waals surface area contributed by atoms with Gasteiger partial charge in [-0.3, -0.25) is 19.7 Å². The lowest BCUT2D eigenvalue weighted by atomic mass is 9.95. The van der Waals surface area contributed by atoms with Crippen molar-refractivity contribution in [1.82, 2.24) is 9.80 Å². The Morgan fingerprint density at radius 2 is 1.94 bits per heavy atom. The number of nitrogens with zero attached hydrogens (tertiary/aromatic N) is 3. The quantitative estimate of drug-likeness (QED) is 0.239. The average molecular weight is 439 g/mol. The lowest BCUT2D eigenvalue weighted by Crippen LogP contribution is -2.35. The number of fused-ring (bicyclic) bond motifs is 1. The first-order valence-electron chi connectivity index (χ1n) is 9.85. The molecule has 2 aliphatic rings. The number of aliphatic hydroxyl groups excluding tert-OH is 1. The highest BCUT2D eigenvalue weighted by Crippen LogP contribution is 2.41. The van der Waals surface area contributed by atoms with Gasteiger partial charge in [-0.25, -0.2) is 0 Å². The first-order chi connectivity index (χ1) is 15.3. The molecule has 0 bridgehead atoms. The van der Waals surface area contributed by atoms with Crippen LogP contribution in [0.15, 0.2) is 48.0 Å². The van der Waals surface area contributed by atoms with Crippen molar-refractivity contribution in [3.05, 3.63) is 69.3 Å². The number of nitro groups is 1. The number of hydrogen-bond donors (Lipinski definition) is 1. The molecule has 4 rings (SSSR count). The number of non-ortho nitro benzene ring substituents is 1. The summed E-state index contributed by atoms with van der Waals surface area (Å²) in [5.41, 5.74) is 0.326. The van der Waals surface area contributed by atoms with Gasteiger partial charge in [0.15, 0.2) is 11.5 Å². The molecule has 1 unspecified atom stereocenters. The minimum Gasteiger partial charge on any atom is -0.507 e. The zero-order valence-corrected chi connectivity index (χ0v) is 17.5. The maximum absolute atomic E-state index is 13.0. The summed E-state index contributed by atoms with van der Waals surface area (Å²) in [6.45, 7) is 0.702. The first-order valence-corrected chi connectivity index (χ1v) is 9.85. The second-order valence-electron chi connectivity index (χ2n) is 7.72. The third kappa shape index (κ3) is 3.76. The van der Waals surface area contributed by atoms with Crippen molar-refractivity contribution >= 4 is 23.1 Å². The normalized spacial score (nSPS) is 19.1. The molecule has 1 saturated heterocycles. The number of nitro benzene ring substituents is 1. The van der Waals surface area contributed by atoms with Crippen LogP contribution in [0.2, 0.25) is 0 Å². The number of likely N-dealkylation sites (N-methyl/N-ethyl adjacent to an activating group) is 1. The number of carbonyl (C=O) groups is 2. The summed E-state index contributed by atoms with van der Waals surface area (Å²) >= 11 is 0. The van der Waals surface area contributed by atoms with E-state index in [1.54, 1.807) is 18.2 Å². The second kappa shape index (κ2) is 8.31. The molecule has 2 aliphatic heterocycles. The van der Waals surface area contributed by atoms with Gasteiger partial charge in [-0.1, -0.05) is 12.1 Å². The Labute approximate surface area is 183 Å². The molecular formula is C22H21N3O7. The highest BCUT2D eigenvalue weighted by Gasteiger charge is 2.46. The average Bonchev–Trinajstić information content (AvgIpc) is 3.34. The Hall–Kier alpha value is -3.92. The van der Waals surface area contributed by atoms with Gasteiger partial charge in [0.05, 0.1) is 16.5 Å². The minimum absolute atomic E-state index is 0.0438. The molecule has 0 radical (unpaired) electrons. The smallest absolute Gasteiger partial charge is 0.295 e. The summed E-state index contributed by atoms with van der Waals surface area (Å²) in [6, 6.07) is 9.43. The van der Waals surface area contributed by atoms with E-state index in [1.807, 2.05) is 19.0 Å². The van der Waals surface area contributed by atoms with Gasteiger partial charge >= 0.3 is 0 Å². The van der Waals surface area contributed by atoms with E-state index >= 15 is 0 Å². The van der Waals surface area contributed by atoms with E-state index in [9.17, 15) is 24.8 Å². The number of benzene rings is 2. The Morgan fingerprint density at radius 1 is 1.19 bits per heavy atom. The number of rotatable bonds is 6. The zero-order valence-electron chi connectivity index (χ0n) is 17.5. The van der Waals surface area contributed by atoms with E-state index in [2.05, 4.69) is 0 Å². The SMILES string of the molecule is CN(C)CCN1C(=O)C(=O)C(=C(O)c2ccc3c(c2)OCO3)C1c1cccc([N+](=O)[O-])c1. The van der Waals surface area contributed by atoms with Crippen LogP contribution in [0.5, 0.6) is 11.5 Å². The van der Waals surface area contributed by atoms with Crippen LogP contribution in [0, 0.1) is 10.1 Å². The van der Waals surface area contributed by atoms with Crippen molar-refractivity contribution in [2.24, 2.45) is 0 Å². The van der Waals surface area contributed by atoms with Crippen LogP contribution < -0.4 is 9.47 Å². The number of likely N-dealkylation sites (tertiary alicyclic amines) is 1. The van der Waals surface area contributed by atoms with Crippen molar-refractivity contribution in [2.45, 2.75) is 6.04 Å². The molecule has 2 aromatic rings. The van der Waals surface area contributed by atoms with Crippen molar-refractivity contribution in [1.29, 1.82) is 0 Å². The summed E-state index contributed by atoms with van der Waals surface area (Å²) in [4.78, 5) is 39.8. The Balaban J connectivity index is 1.85. The van der Waals surface area contributed by atoms with Gasteiger partial charge in [-0.2, -0.15) is 0 Å². The molecule has 2 aromatic carbocycles. The molecule has 1 N–H and O–H groups in total. The molecule has 0 saturated carbocycles. The molecular weight excluding hydrogens is 418 g/mol. The summed E-state index contributed by atoms with van der Waals surface area (Å²) in [5, 5.41) is 22.4. The van der Waals surface area contributed by atoms with Crippen LogP contribution in [0.1, 0.15) is 17.2 Å². The molecule has 1 amide bonds. The van der Waals surface area contributed by atoms with E-state index < -0.39 is 22.7 Å². The van der Waals surface area contributed by atoms with Gasteiger partial charge < -0.3 is 24.4 Å². The molecule has 10 nitrogen and oxygen atoms in total. The van der Waals surface area contributed by atoms with Gasteiger partial charge in [-0.05, 0) is 37.9 Å². The van der Waals surface area contributed by atoms with Gasteiger partial charge in [0, 0.05) is 30.8 Å². The first kappa shape index (κ1) is 21.3. The number of amides is 1. The van der Waals surface area contributed by atoms with Crippen LogP contribution in [-0.4, -0.2) is 65.5 Å². The highest BCUT2D eigenvalue weighted by molar-refractivity contribution is 6.46. The highest BCUT2D eigenvalue weighted by atomic mass is 16.7. The number of carbonyl (C=O) groups excluding carboxylic acids is 2. The van der Waals surface area contributed by atoms with E-state index in [0.717, 1.165) is 0 Å². The lowest BCUT2D eigenvalue weighted by molar-refractivity contribution is -0.384. The number of Topliss-reactive ketones (excluding diaryl/α,β-unsaturated/α-hetero) is 1. The molecule has 1 atom stereocenters. The summed E-state index contributed by atoms with van der Waals surface area (Å²) in [6.07, 6.45) is 0. The van der Waals surface area contributed by atoms with Gasteiger partial charge in [-0.15, -0.1) is 0 Å². The fraction of sp³-hybridized carbons (Fsp3) is 0.273. The number of ether oxygens (including phenoxy) is 2. The monoisotopic (exact) mass is 439 g/mol. The van der Waals surface area contributed by atoms with E-state index in [0.29, 0.717) is 23.6 Å². The summed E-state index contributed by atoms with van der Waals surface area (Å²) in [7, 11) is 3.65. The number of aliphatic hydroxyl groups is 1. The third-order valence-corrected chi connectivity index (χ3v) is 5.37. The van der Waals surface area contributed by atoms with Gasteiger partial charge in [0.2, 0.25) is 6.79 Å². The van der Waals surface area contributed by atoms with Crippen molar-refractivity contribution in [2.75, 3.05) is 34.0 Å². The van der Waals surface area contributed by atoms with E-state index in [-0.39, 0.29) is 35.9 Å². The van der Waals surface area contributed by atoms with Crippen molar-refractivity contribution < 1.29 is 29.1 Å². The molecule has 0 aliphatic carbocycles. The Bertz CT molecular complexity index is 1140. The topological polar surface area (TPSA) is 122 Å². The minimum atomic E-state index is -0.972. The summed E-state index contributed by atoms with van der Waals surface area (Å²) in [5.74, 6) is -1.10. The van der Waals surface area contributed by atoms with Crippen LogP contribution in [-0.2, 0) is 9.59 Å². The molecule has 0 aromatic heterocycles. The second-order valence-corrected chi connectivity index (χ2v) is 7.72. The maximum atomic E-state index is 13.0. The van der Waals surface area contributed by atoms with Crippen LogP contribution in [0.3, 0.4) is 0 Å². The fourth-order valence-electron chi connectivity index (χ4n) is 3.77. The number of ketones is 1. The van der Waals surface area contributed by atoms with E-state index in [1.165, 1.54) is 29.2 Å². The molecule has 166 valence electrons. The predicted molar refractivity (Wildman–Crippen MR) is 113 cm³/mol. The van der Waals surface area contributed by atoms with Gasteiger partial charge in [0.25, 0.3) is 17.4 Å². The number of hydrogen-bond acceptors (Lipinski definition) is 8. The standard InChI is InChI=1S/C22H21N3O7/c1-23(2)8-9-24-19(13-4-3-5-15(10-13)25(29)30)18(21(27)22(24)28)20(26)14-6-7-16-17(11-14)32-12-31-16/h3-7,10-11,19,26H,8-9,12H2,1-2H3. The summed E-state index contributed by atoms with van der Waals surface area (Å²) < 4.78 is 10.6. The van der Waals surface area contributed by atoms with Crippen LogP contribution >= 0.6 is 0 Å². The van der Waals surface area contributed by atoms with Crippen molar-refractivity contribution in [3.63, 3.8) is 0 Å². The molecule has 10 heteroatoms.